The van der Waals surface area contributed by atoms with Gasteiger partial charge in [-0.15, -0.1) is 0 Å². The fourth-order valence-electron chi connectivity index (χ4n) is 12.1. The average molecular weight is 812 g/mol. The Morgan fingerprint density at radius 3 is 1.76 bits per heavy atom. The molecule has 2 unspecified atom stereocenters. The number of hydrogen-bond acceptors (Lipinski definition) is 2. The molecule has 312 valence electrons. The van der Waals surface area contributed by atoms with Crippen LogP contribution in [0.5, 0.6) is 0 Å². The van der Waals surface area contributed by atoms with Crippen LogP contribution in [0.4, 0.5) is 28.4 Å². The predicted molar refractivity (Wildman–Crippen MR) is 267 cm³/mol. The number of aromatic nitrogens is 1. The van der Waals surface area contributed by atoms with E-state index in [0.717, 1.165) is 0 Å². The first kappa shape index (κ1) is 39.4. The number of fused-ring (bicyclic) bond motifs is 7. The molecule has 1 saturated carbocycles. The van der Waals surface area contributed by atoms with Gasteiger partial charge in [-0.05, 0) is 129 Å². The standard InChI is InChI=1S/C58H62BN3/c1-54(2,3)39-22-26-42(27-23-39)60(43-28-24-40(25-29-43)55(4,5)6)44-35-49-51-50(36-44)62-53-45(57(10)30-15-16-31-58(57,62)11)20-17-21-46(53)59(51)47-34-41(56(7,8)9)32-38-33-48(61(49)52(38)47)37-18-13-12-14-19-37/h12-14,17-29,32-36H,15-16,30-31H2,1-11H3. The molecule has 3 nitrogen and oxygen atoms in total. The van der Waals surface area contributed by atoms with E-state index in [1.165, 1.54) is 121 Å². The zero-order chi connectivity index (χ0) is 43.3. The van der Waals surface area contributed by atoms with Gasteiger partial charge < -0.3 is 14.4 Å². The third kappa shape index (κ3) is 5.50. The van der Waals surface area contributed by atoms with E-state index in [-0.39, 0.29) is 33.9 Å². The molecular weight excluding hydrogens is 749 g/mol. The molecule has 0 spiro atoms. The smallest absolute Gasteiger partial charge is 0.252 e. The van der Waals surface area contributed by atoms with Crippen molar-refractivity contribution in [2.45, 2.75) is 129 Å². The molecule has 0 radical (unpaired) electrons. The highest BCUT2D eigenvalue weighted by molar-refractivity contribution is 7.00. The summed E-state index contributed by atoms with van der Waals surface area (Å²) < 4.78 is 2.65. The summed E-state index contributed by atoms with van der Waals surface area (Å²) in [7, 11) is 0. The molecule has 6 aromatic carbocycles. The van der Waals surface area contributed by atoms with E-state index in [2.05, 4.69) is 218 Å². The van der Waals surface area contributed by atoms with Gasteiger partial charge in [-0.1, -0.05) is 161 Å². The Morgan fingerprint density at radius 2 is 1.15 bits per heavy atom. The second-order valence-corrected chi connectivity index (χ2v) is 22.6. The number of anilines is 5. The number of para-hydroxylation sites is 1. The van der Waals surface area contributed by atoms with Crippen molar-refractivity contribution in [1.82, 2.24) is 4.57 Å². The zero-order valence-electron chi connectivity index (χ0n) is 38.9. The van der Waals surface area contributed by atoms with Gasteiger partial charge >= 0.3 is 0 Å². The molecule has 3 aliphatic heterocycles. The average Bonchev–Trinajstić information content (AvgIpc) is 3.72. The van der Waals surface area contributed by atoms with Gasteiger partial charge in [0.1, 0.15) is 0 Å². The lowest BCUT2D eigenvalue weighted by molar-refractivity contribution is 0.195. The summed E-state index contributed by atoms with van der Waals surface area (Å²) in [5.74, 6) is 0. The van der Waals surface area contributed by atoms with Crippen LogP contribution in [0, 0.1) is 0 Å². The molecule has 1 aliphatic carbocycles. The molecule has 0 N–H and O–H groups in total. The number of nitrogens with zero attached hydrogens (tertiary/aromatic N) is 3. The lowest BCUT2D eigenvalue weighted by atomic mass is 9.33. The molecule has 11 rings (SSSR count). The summed E-state index contributed by atoms with van der Waals surface area (Å²) in [6.07, 6.45) is 4.89. The minimum atomic E-state index is -0.0730. The van der Waals surface area contributed by atoms with Gasteiger partial charge in [0, 0.05) is 44.8 Å². The highest BCUT2D eigenvalue weighted by Gasteiger charge is 2.61. The first-order valence-corrected chi connectivity index (χ1v) is 23.3. The van der Waals surface area contributed by atoms with Gasteiger partial charge in [0.15, 0.2) is 0 Å². The lowest BCUT2D eigenvalue weighted by Crippen LogP contribution is -2.64. The summed E-state index contributed by atoms with van der Waals surface area (Å²) >= 11 is 0. The monoisotopic (exact) mass is 812 g/mol. The topological polar surface area (TPSA) is 11.4 Å². The van der Waals surface area contributed by atoms with Crippen LogP contribution in [0.25, 0.3) is 27.8 Å². The fraction of sp³-hybridized carbons (Fsp3) is 0.345. The SMILES string of the molecule is CC(C)(C)c1ccc(N(c2ccc(C(C)(C)C)cc2)c2cc3c4c(c2)-n2c(-c5ccccc5)cc5cc(C(C)(C)C)cc(c52)B4c2cccc4c2N3C2(C)CCCCC42C)cc1. The Balaban J connectivity index is 1.28. The summed E-state index contributed by atoms with van der Waals surface area (Å²) in [6.45, 7) is 26.3. The molecule has 0 bridgehead atoms. The van der Waals surface area contributed by atoms with Crippen LogP contribution in [0.2, 0.25) is 0 Å². The second kappa shape index (κ2) is 13.0. The maximum absolute atomic E-state index is 2.88. The first-order valence-electron chi connectivity index (χ1n) is 23.3. The molecule has 4 aliphatic rings. The third-order valence-electron chi connectivity index (χ3n) is 15.8. The van der Waals surface area contributed by atoms with Crippen molar-refractivity contribution in [3.05, 3.63) is 150 Å². The number of hydrogen-bond donors (Lipinski definition) is 0. The van der Waals surface area contributed by atoms with Gasteiger partial charge in [-0.2, -0.15) is 0 Å². The Kier molecular flexibility index (Phi) is 8.28. The first-order chi connectivity index (χ1) is 29.4. The van der Waals surface area contributed by atoms with Crippen LogP contribution in [-0.2, 0) is 21.7 Å². The molecule has 0 saturated heterocycles. The second-order valence-electron chi connectivity index (χ2n) is 22.6. The maximum atomic E-state index is 2.88. The summed E-state index contributed by atoms with van der Waals surface area (Å²) in [5.41, 5.74) is 21.5. The van der Waals surface area contributed by atoms with Gasteiger partial charge in [0.25, 0.3) is 6.71 Å². The molecule has 2 atom stereocenters. The molecule has 62 heavy (non-hydrogen) atoms. The van der Waals surface area contributed by atoms with Crippen LogP contribution in [-0.4, -0.2) is 16.8 Å². The predicted octanol–water partition coefficient (Wildman–Crippen LogP) is 13.5. The van der Waals surface area contributed by atoms with Crippen molar-refractivity contribution >= 4 is 62.4 Å². The molecule has 7 aromatic rings. The van der Waals surface area contributed by atoms with Crippen LogP contribution < -0.4 is 26.2 Å². The highest BCUT2D eigenvalue weighted by atomic mass is 15.3. The van der Waals surface area contributed by atoms with E-state index in [4.69, 9.17) is 0 Å². The number of benzene rings is 6. The van der Waals surface area contributed by atoms with E-state index >= 15 is 0 Å². The van der Waals surface area contributed by atoms with E-state index < -0.39 is 0 Å². The Morgan fingerprint density at radius 1 is 0.548 bits per heavy atom. The molecule has 1 aromatic heterocycles. The van der Waals surface area contributed by atoms with E-state index in [1.807, 2.05) is 0 Å². The van der Waals surface area contributed by atoms with Crippen molar-refractivity contribution in [2.24, 2.45) is 0 Å². The zero-order valence-corrected chi connectivity index (χ0v) is 38.9. The van der Waals surface area contributed by atoms with Gasteiger partial charge in [0.05, 0.1) is 16.9 Å². The molecule has 1 fully saturated rings. The summed E-state index contributed by atoms with van der Waals surface area (Å²) in [4.78, 5) is 5.41. The number of rotatable bonds is 4. The van der Waals surface area contributed by atoms with E-state index in [9.17, 15) is 0 Å². The molecule has 4 heterocycles. The van der Waals surface area contributed by atoms with E-state index in [0.29, 0.717) is 0 Å². The van der Waals surface area contributed by atoms with Crippen molar-refractivity contribution in [2.75, 3.05) is 9.80 Å². The van der Waals surface area contributed by atoms with Crippen LogP contribution in [0.3, 0.4) is 0 Å². The minimum absolute atomic E-state index is 0.00647. The molecule has 0 amide bonds. The Labute approximate surface area is 370 Å². The van der Waals surface area contributed by atoms with Crippen molar-refractivity contribution in [1.29, 1.82) is 0 Å². The van der Waals surface area contributed by atoms with Crippen molar-refractivity contribution in [3.63, 3.8) is 0 Å². The lowest BCUT2D eigenvalue weighted by Gasteiger charge is -2.52. The van der Waals surface area contributed by atoms with Gasteiger partial charge in [-0.25, -0.2) is 0 Å². The molecule has 4 heteroatoms. The van der Waals surface area contributed by atoms with E-state index in [1.54, 1.807) is 0 Å². The Hall–Kier alpha value is -5.48. The van der Waals surface area contributed by atoms with Crippen molar-refractivity contribution in [3.8, 4) is 16.9 Å². The third-order valence-corrected chi connectivity index (χ3v) is 15.8. The fourth-order valence-corrected chi connectivity index (χ4v) is 12.1. The van der Waals surface area contributed by atoms with Crippen LogP contribution in [0.15, 0.2) is 127 Å². The normalized spacial score (nSPS) is 20.0. The summed E-state index contributed by atoms with van der Waals surface area (Å²) in [6, 6.07) is 49.9. The Bertz CT molecular complexity index is 2880. The van der Waals surface area contributed by atoms with Gasteiger partial charge in [-0.3, -0.25) is 0 Å². The molecular formula is C58H62BN3. The van der Waals surface area contributed by atoms with Crippen LogP contribution in [0.1, 0.15) is 124 Å². The van der Waals surface area contributed by atoms with Crippen LogP contribution >= 0.6 is 0 Å². The quantitative estimate of drug-likeness (QED) is 0.164. The summed E-state index contributed by atoms with van der Waals surface area (Å²) in [5, 5.41) is 1.32. The minimum Gasteiger partial charge on any atom is -0.335 e. The van der Waals surface area contributed by atoms with Crippen molar-refractivity contribution < 1.29 is 0 Å². The maximum Gasteiger partial charge on any atom is 0.252 e. The highest BCUT2D eigenvalue weighted by Crippen LogP contribution is 2.62. The van der Waals surface area contributed by atoms with Gasteiger partial charge in [0.2, 0.25) is 0 Å². The largest absolute Gasteiger partial charge is 0.335 e.